The van der Waals surface area contributed by atoms with E-state index in [0.717, 1.165) is 5.82 Å². The molecule has 0 aliphatic heterocycles. The molecule has 0 radical (unpaired) electrons. The van der Waals surface area contributed by atoms with Gasteiger partial charge in [-0.25, -0.2) is 9.97 Å². The van der Waals surface area contributed by atoms with Crippen LogP contribution in [0.5, 0.6) is 0 Å². The van der Waals surface area contributed by atoms with Gasteiger partial charge in [0.05, 0.1) is 12.4 Å². The molecule has 16 heavy (non-hydrogen) atoms. The summed E-state index contributed by atoms with van der Waals surface area (Å²) in [5, 5.41) is 3.29. The highest BCUT2D eigenvalue weighted by atomic mass is 32.1. The average molecular weight is 238 g/mol. The second-order valence-corrected chi connectivity index (χ2v) is 5.32. The van der Waals surface area contributed by atoms with Gasteiger partial charge in [0, 0.05) is 6.04 Å². The Labute approximate surface area is 102 Å². The second-order valence-electron chi connectivity index (χ2n) is 4.88. The normalized spacial score (nSPS) is 13.2. The summed E-state index contributed by atoms with van der Waals surface area (Å²) in [4.78, 5) is 8.60. The third-order valence-electron chi connectivity index (χ3n) is 2.57. The molecule has 0 aliphatic carbocycles. The molecule has 0 fully saturated rings. The molecule has 1 aromatic rings. The number of thiocarbonyl (C=S) groups is 1. The minimum atomic E-state index is 0.170. The lowest BCUT2D eigenvalue weighted by Gasteiger charge is -2.28. The van der Waals surface area contributed by atoms with Crippen LogP contribution in [0.1, 0.15) is 33.4 Å². The number of hydrogen-bond donors (Lipinski definition) is 2. The summed E-state index contributed by atoms with van der Waals surface area (Å²) >= 11 is 4.81. The number of rotatable bonds is 3. The third-order valence-corrected chi connectivity index (χ3v) is 2.78. The standard InChI is InChI=1S/C11H18N4S/c1-7(11(2,3)4)15-9-6-13-8(5-14-9)10(12)16/h5-7H,1-4H3,(H2,12,16)(H,14,15). The summed E-state index contributed by atoms with van der Waals surface area (Å²) < 4.78 is 0. The van der Waals surface area contributed by atoms with Gasteiger partial charge in [0.15, 0.2) is 0 Å². The van der Waals surface area contributed by atoms with E-state index in [-0.39, 0.29) is 10.4 Å². The van der Waals surface area contributed by atoms with E-state index in [0.29, 0.717) is 11.7 Å². The number of nitrogens with zero attached hydrogens (tertiary/aromatic N) is 2. The van der Waals surface area contributed by atoms with Crippen molar-refractivity contribution in [3.8, 4) is 0 Å². The topological polar surface area (TPSA) is 63.8 Å². The van der Waals surface area contributed by atoms with E-state index in [1.165, 1.54) is 0 Å². The molecular weight excluding hydrogens is 220 g/mol. The molecule has 0 saturated carbocycles. The van der Waals surface area contributed by atoms with Crippen molar-refractivity contribution in [1.82, 2.24) is 9.97 Å². The van der Waals surface area contributed by atoms with Gasteiger partial charge in [-0.2, -0.15) is 0 Å². The van der Waals surface area contributed by atoms with Gasteiger partial charge in [-0.1, -0.05) is 33.0 Å². The zero-order chi connectivity index (χ0) is 12.3. The first-order valence-corrected chi connectivity index (χ1v) is 5.60. The van der Waals surface area contributed by atoms with Crippen LogP contribution in [-0.4, -0.2) is 21.0 Å². The Morgan fingerprint density at radius 1 is 1.38 bits per heavy atom. The zero-order valence-corrected chi connectivity index (χ0v) is 10.9. The fraction of sp³-hybridized carbons (Fsp3) is 0.545. The number of aromatic nitrogens is 2. The Balaban J connectivity index is 2.73. The Morgan fingerprint density at radius 2 is 2.00 bits per heavy atom. The molecular formula is C11H18N4S. The minimum absolute atomic E-state index is 0.170. The van der Waals surface area contributed by atoms with Crippen molar-refractivity contribution in [3.05, 3.63) is 18.1 Å². The first kappa shape index (κ1) is 12.8. The Hall–Kier alpha value is -1.23. The van der Waals surface area contributed by atoms with Crippen LogP contribution < -0.4 is 11.1 Å². The third kappa shape index (κ3) is 3.41. The van der Waals surface area contributed by atoms with E-state index in [1.807, 2.05) is 0 Å². The van der Waals surface area contributed by atoms with Crippen molar-refractivity contribution in [2.45, 2.75) is 33.7 Å². The molecule has 1 unspecified atom stereocenters. The molecule has 88 valence electrons. The van der Waals surface area contributed by atoms with Crippen LogP contribution >= 0.6 is 12.2 Å². The number of hydrogen-bond acceptors (Lipinski definition) is 4. The highest BCUT2D eigenvalue weighted by Crippen LogP contribution is 2.21. The highest BCUT2D eigenvalue weighted by Gasteiger charge is 2.19. The lowest BCUT2D eigenvalue weighted by atomic mass is 9.88. The number of anilines is 1. The predicted molar refractivity (Wildman–Crippen MR) is 70.5 cm³/mol. The Bertz CT molecular complexity index is 367. The summed E-state index contributed by atoms with van der Waals surface area (Å²) in [6.45, 7) is 8.62. The van der Waals surface area contributed by atoms with Crippen molar-refractivity contribution >= 4 is 23.0 Å². The summed E-state index contributed by atoms with van der Waals surface area (Å²) in [5.74, 6) is 0.738. The van der Waals surface area contributed by atoms with Gasteiger partial charge in [0.25, 0.3) is 0 Å². The van der Waals surface area contributed by atoms with Crippen LogP contribution in [0.3, 0.4) is 0 Å². The molecule has 0 aliphatic rings. The Kier molecular flexibility index (Phi) is 3.80. The molecule has 4 nitrogen and oxygen atoms in total. The molecule has 1 heterocycles. The highest BCUT2D eigenvalue weighted by molar-refractivity contribution is 7.80. The van der Waals surface area contributed by atoms with Gasteiger partial charge < -0.3 is 11.1 Å². The number of nitrogens with two attached hydrogens (primary N) is 1. The maximum Gasteiger partial charge on any atom is 0.144 e. The predicted octanol–water partition coefficient (Wildman–Crippen LogP) is 1.96. The van der Waals surface area contributed by atoms with Crippen molar-refractivity contribution in [2.24, 2.45) is 11.1 Å². The van der Waals surface area contributed by atoms with Crippen molar-refractivity contribution in [2.75, 3.05) is 5.32 Å². The lowest BCUT2D eigenvalue weighted by molar-refractivity contribution is 0.358. The minimum Gasteiger partial charge on any atom is -0.388 e. The van der Waals surface area contributed by atoms with Gasteiger partial charge in [0.1, 0.15) is 16.5 Å². The molecule has 3 N–H and O–H groups in total. The monoisotopic (exact) mass is 238 g/mol. The van der Waals surface area contributed by atoms with E-state index in [4.69, 9.17) is 18.0 Å². The molecule has 5 heteroatoms. The van der Waals surface area contributed by atoms with Crippen LogP contribution in [0.25, 0.3) is 0 Å². The second kappa shape index (κ2) is 4.74. The smallest absolute Gasteiger partial charge is 0.144 e. The van der Waals surface area contributed by atoms with Crippen LogP contribution in [0, 0.1) is 5.41 Å². The molecule has 0 amide bonds. The Morgan fingerprint density at radius 3 is 2.38 bits per heavy atom. The molecule has 0 aromatic carbocycles. The van der Waals surface area contributed by atoms with Gasteiger partial charge in [-0.15, -0.1) is 0 Å². The number of nitrogens with one attached hydrogen (secondary N) is 1. The van der Waals surface area contributed by atoms with E-state index in [9.17, 15) is 0 Å². The van der Waals surface area contributed by atoms with Gasteiger partial charge in [-0.3, -0.25) is 0 Å². The molecule has 0 saturated heterocycles. The van der Waals surface area contributed by atoms with E-state index < -0.39 is 0 Å². The zero-order valence-electron chi connectivity index (χ0n) is 10.1. The summed E-state index contributed by atoms with van der Waals surface area (Å²) in [7, 11) is 0. The fourth-order valence-electron chi connectivity index (χ4n) is 0.968. The molecule has 0 spiro atoms. The van der Waals surface area contributed by atoms with E-state index in [2.05, 4.69) is 43.0 Å². The fourth-order valence-corrected chi connectivity index (χ4v) is 1.07. The maximum absolute atomic E-state index is 5.44. The van der Waals surface area contributed by atoms with E-state index >= 15 is 0 Å². The molecule has 1 rings (SSSR count). The quantitative estimate of drug-likeness (QED) is 0.788. The van der Waals surface area contributed by atoms with Gasteiger partial charge in [0.2, 0.25) is 0 Å². The largest absolute Gasteiger partial charge is 0.388 e. The first-order valence-electron chi connectivity index (χ1n) is 5.19. The molecule has 1 aromatic heterocycles. The molecule has 0 bridgehead atoms. The van der Waals surface area contributed by atoms with Crippen molar-refractivity contribution in [1.29, 1.82) is 0 Å². The summed E-state index contributed by atoms with van der Waals surface area (Å²) in [5.41, 5.74) is 6.16. The van der Waals surface area contributed by atoms with Crippen LogP contribution in [0.4, 0.5) is 5.82 Å². The van der Waals surface area contributed by atoms with E-state index in [1.54, 1.807) is 12.4 Å². The van der Waals surface area contributed by atoms with Crippen LogP contribution in [0.15, 0.2) is 12.4 Å². The van der Waals surface area contributed by atoms with Crippen LogP contribution in [-0.2, 0) is 0 Å². The lowest BCUT2D eigenvalue weighted by Crippen LogP contribution is -2.31. The maximum atomic E-state index is 5.44. The van der Waals surface area contributed by atoms with Crippen molar-refractivity contribution in [3.63, 3.8) is 0 Å². The van der Waals surface area contributed by atoms with Crippen molar-refractivity contribution < 1.29 is 0 Å². The van der Waals surface area contributed by atoms with Crippen LogP contribution in [0.2, 0.25) is 0 Å². The summed E-state index contributed by atoms with van der Waals surface area (Å²) in [6, 6.07) is 0.303. The van der Waals surface area contributed by atoms with Gasteiger partial charge in [-0.05, 0) is 12.3 Å². The SMILES string of the molecule is CC(Nc1cnc(C(N)=S)cn1)C(C)(C)C. The molecule has 1 atom stereocenters. The average Bonchev–Trinajstić information content (AvgIpc) is 2.17. The van der Waals surface area contributed by atoms with Gasteiger partial charge >= 0.3 is 0 Å². The first-order chi connectivity index (χ1) is 7.30. The summed E-state index contributed by atoms with van der Waals surface area (Å²) in [6.07, 6.45) is 3.23.